The Bertz CT molecular complexity index is 1140. The van der Waals surface area contributed by atoms with E-state index in [0.717, 1.165) is 16.9 Å². The Balaban J connectivity index is 1.25. The molecule has 0 radical (unpaired) electrons. The number of carbonyl (C=O) groups excluding carboxylic acids is 2. The summed E-state index contributed by atoms with van der Waals surface area (Å²) in [4.78, 5) is 32.6. The van der Waals surface area contributed by atoms with E-state index >= 15 is 0 Å². The van der Waals surface area contributed by atoms with E-state index in [2.05, 4.69) is 22.4 Å². The number of thiazole rings is 1. The molecule has 1 saturated heterocycles. The Hall–Kier alpha value is -2.81. The summed E-state index contributed by atoms with van der Waals surface area (Å²) in [6.07, 6.45) is 5.26. The number of nitrogens with one attached hydrogen (secondary N) is 1. The summed E-state index contributed by atoms with van der Waals surface area (Å²) in [7, 11) is 0. The monoisotopic (exact) mass is 479 g/mol. The lowest BCUT2D eigenvalue weighted by Crippen LogP contribution is -2.29. The Kier molecular flexibility index (Phi) is 7.47. The molecule has 5 nitrogen and oxygen atoms in total. The highest BCUT2D eigenvalue weighted by molar-refractivity contribution is 8.26. The number of thiocarbonyl (C=S) groups is 1. The molecule has 32 heavy (non-hydrogen) atoms. The van der Waals surface area contributed by atoms with E-state index in [1.807, 2.05) is 54.6 Å². The fourth-order valence-corrected chi connectivity index (χ4v) is 5.39. The van der Waals surface area contributed by atoms with Crippen LogP contribution in [0.2, 0.25) is 0 Å². The Morgan fingerprint density at radius 1 is 1.09 bits per heavy atom. The van der Waals surface area contributed by atoms with E-state index in [-0.39, 0.29) is 11.8 Å². The molecule has 0 saturated carbocycles. The van der Waals surface area contributed by atoms with Crippen LogP contribution in [0.5, 0.6) is 0 Å². The first-order chi connectivity index (χ1) is 15.6. The van der Waals surface area contributed by atoms with Crippen LogP contribution in [0, 0.1) is 0 Å². The van der Waals surface area contributed by atoms with Crippen LogP contribution in [0.1, 0.15) is 28.8 Å². The second-order valence-corrected chi connectivity index (χ2v) is 9.98. The largest absolute Gasteiger partial charge is 0.302 e. The van der Waals surface area contributed by atoms with E-state index in [0.29, 0.717) is 33.7 Å². The zero-order valence-electron chi connectivity index (χ0n) is 17.2. The second kappa shape index (κ2) is 10.7. The van der Waals surface area contributed by atoms with Crippen molar-refractivity contribution in [3.63, 3.8) is 0 Å². The zero-order chi connectivity index (χ0) is 22.3. The van der Waals surface area contributed by atoms with E-state index in [4.69, 9.17) is 12.2 Å². The van der Waals surface area contributed by atoms with Crippen LogP contribution in [0.3, 0.4) is 0 Å². The first-order valence-corrected chi connectivity index (χ1v) is 12.2. The average molecular weight is 480 g/mol. The molecule has 0 atom stereocenters. The van der Waals surface area contributed by atoms with Gasteiger partial charge in [-0.2, -0.15) is 0 Å². The van der Waals surface area contributed by atoms with Crippen LogP contribution in [0.25, 0.3) is 6.08 Å². The number of aromatic nitrogens is 1. The van der Waals surface area contributed by atoms with Crippen molar-refractivity contribution in [1.29, 1.82) is 0 Å². The summed E-state index contributed by atoms with van der Waals surface area (Å²) in [5.41, 5.74) is 2.17. The third kappa shape index (κ3) is 5.91. The zero-order valence-corrected chi connectivity index (χ0v) is 19.6. The van der Waals surface area contributed by atoms with Crippen LogP contribution in [0.4, 0.5) is 5.13 Å². The van der Waals surface area contributed by atoms with Gasteiger partial charge in [0.2, 0.25) is 5.91 Å². The van der Waals surface area contributed by atoms with E-state index < -0.39 is 0 Å². The van der Waals surface area contributed by atoms with Crippen molar-refractivity contribution in [2.75, 3.05) is 11.9 Å². The first kappa shape index (κ1) is 22.4. The number of thioether (sulfide) groups is 1. The molecule has 162 valence electrons. The number of amides is 2. The summed E-state index contributed by atoms with van der Waals surface area (Å²) in [6.45, 7) is 0.418. The summed E-state index contributed by atoms with van der Waals surface area (Å²) in [5, 5.41) is 3.45. The van der Waals surface area contributed by atoms with Gasteiger partial charge in [0.25, 0.3) is 5.91 Å². The number of nitrogens with zero attached hydrogens (tertiary/aromatic N) is 2. The summed E-state index contributed by atoms with van der Waals surface area (Å²) in [5.74, 6) is -0.217. The number of rotatable bonds is 8. The Morgan fingerprint density at radius 3 is 2.56 bits per heavy atom. The van der Waals surface area contributed by atoms with Gasteiger partial charge in [-0.3, -0.25) is 14.5 Å². The van der Waals surface area contributed by atoms with Gasteiger partial charge in [-0.05, 0) is 23.6 Å². The van der Waals surface area contributed by atoms with Crippen LogP contribution < -0.4 is 5.32 Å². The van der Waals surface area contributed by atoms with Gasteiger partial charge in [-0.15, -0.1) is 11.3 Å². The molecular weight excluding hydrogens is 458 g/mol. The molecule has 2 aromatic carbocycles. The standard InChI is InChI=1S/C24H21N3O2S3/c28-21(26-23-25-16-19(31-23)14-17-8-3-1-4-9-17)12-7-13-27-22(29)20(32-24(27)30)15-18-10-5-2-6-11-18/h1-6,8-11,15-16H,7,12-14H2,(H,25,26,28)/b20-15-. The van der Waals surface area contributed by atoms with Crippen molar-refractivity contribution in [2.24, 2.45) is 0 Å². The normalized spacial score (nSPS) is 14.9. The van der Waals surface area contributed by atoms with Crippen molar-refractivity contribution < 1.29 is 9.59 Å². The van der Waals surface area contributed by atoms with Gasteiger partial charge in [-0.25, -0.2) is 4.98 Å². The molecule has 0 spiro atoms. The van der Waals surface area contributed by atoms with Crippen molar-refractivity contribution >= 4 is 62.7 Å². The van der Waals surface area contributed by atoms with E-state index in [9.17, 15) is 9.59 Å². The Labute approximate surface area is 200 Å². The lowest BCUT2D eigenvalue weighted by Gasteiger charge is -2.13. The van der Waals surface area contributed by atoms with Gasteiger partial charge in [0.1, 0.15) is 4.32 Å². The molecular formula is C24H21N3O2S3. The van der Waals surface area contributed by atoms with Gasteiger partial charge in [0.05, 0.1) is 4.91 Å². The van der Waals surface area contributed by atoms with Crippen molar-refractivity contribution in [1.82, 2.24) is 9.88 Å². The molecule has 1 aromatic heterocycles. The number of carbonyl (C=O) groups is 2. The number of anilines is 1. The van der Waals surface area contributed by atoms with Crippen LogP contribution >= 0.6 is 35.3 Å². The van der Waals surface area contributed by atoms with Gasteiger partial charge >= 0.3 is 0 Å². The molecule has 0 bridgehead atoms. The Morgan fingerprint density at radius 2 is 1.81 bits per heavy atom. The molecule has 1 aliphatic rings. The van der Waals surface area contributed by atoms with Crippen molar-refractivity contribution in [2.45, 2.75) is 19.3 Å². The fraction of sp³-hybridized carbons (Fsp3) is 0.167. The smallest absolute Gasteiger partial charge is 0.266 e. The molecule has 2 amide bonds. The lowest BCUT2D eigenvalue weighted by molar-refractivity contribution is -0.122. The van der Waals surface area contributed by atoms with Crippen LogP contribution in [-0.2, 0) is 16.0 Å². The molecule has 0 aliphatic carbocycles. The predicted octanol–water partition coefficient (Wildman–Crippen LogP) is 5.35. The third-order valence-electron chi connectivity index (χ3n) is 4.78. The minimum absolute atomic E-state index is 0.102. The summed E-state index contributed by atoms with van der Waals surface area (Å²) in [6, 6.07) is 19.8. The molecule has 1 aliphatic heterocycles. The highest BCUT2D eigenvalue weighted by atomic mass is 32.2. The molecule has 3 aromatic rings. The average Bonchev–Trinajstić information content (AvgIpc) is 3.33. The van der Waals surface area contributed by atoms with Crippen molar-refractivity contribution in [3.8, 4) is 0 Å². The molecule has 1 N–H and O–H groups in total. The topological polar surface area (TPSA) is 62.3 Å². The molecule has 8 heteroatoms. The molecule has 4 rings (SSSR count). The summed E-state index contributed by atoms with van der Waals surface area (Å²) >= 11 is 8.15. The molecule has 0 unspecified atom stereocenters. The summed E-state index contributed by atoms with van der Waals surface area (Å²) < 4.78 is 0.531. The minimum Gasteiger partial charge on any atom is -0.302 e. The van der Waals surface area contributed by atoms with Crippen LogP contribution in [-0.4, -0.2) is 32.6 Å². The maximum absolute atomic E-state index is 12.7. The number of hydrogen-bond acceptors (Lipinski definition) is 6. The maximum Gasteiger partial charge on any atom is 0.266 e. The first-order valence-electron chi connectivity index (χ1n) is 10.2. The number of hydrogen-bond donors (Lipinski definition) is 1. The second-order valence-electron chi connectivity index (χ2n) is 7.19. The molecule has 2 heterocycles. The van der Waals surface area contributed by atoms with E-state index in [1.54, 1.807) is 11.1 Å². The highest BCUT2D eigenvalue weighted by Gasteiger charge is 2.31. The van der Waals surface area contributed by atoms with Crippen molar-refractivity contribution in [3.05, 3.63) is 87.8 Å². The number of benzene rings is 2. The third-order valence-corrected chi connectivity index (χ3v) is 7.07. The highest BCUT2D eigenvalue weighted by Crippen LogP contribution is 2.32. The quantitative estimate of drug-likeness (QED) is 0.348. The van der Waals surface area contributed by atoms with Crippen LogP contribution in [0.15, 0.2) is 71.8 Å². The predicted molar refractivity (Wildman–Crippen MR) is 136 cm³/mol. The van der Waals surface area contributed by atoms with Gasteiger partial charge < -0.3 is 5.32 Å². The SMILES string of the molecule is O=C(CCCN1C(=O)/C(=C/c2ccccc2)SC1=S)Nc1ncc(Cc2ccccc2)s1. The van der Waals surface area contributed by atoms with Gasteiger partial charge in [-0.1, -0.05) is 84.6 Å². The maximum atomic E-state index is 12.7. The molecule has 1 fully saturated rings. The fourth-order valence-electron chi connectivity index (χ4n) is 3.22. The van der Waals surface area contributed by atoms with Gasteiger partial charge in [0.15, 0.2) is 5.13 Å². The van der Waals surface area contributed by atoms with Gasteiger partial charge in [0, 0.05) is 30.5 Å². The minimum atomic E-state index is -0.115. The van der Waals surface area contributed by atoms with E-state index in [1.165, 1.54) is 28.7 Å². The lowest BCUT2D eigenvalue weighted by atomic mass is 10.1.